The summed E-state index contributed by atoms with van der Waals surface area (Å²) in [4.78, 5) is 14.6. The number of aryl methyl sites for hydroxylation is 2. The van der Waals surface area contributed by atoms with E-state index in [-0.39, 0.29) is 23.3 Å². The Morgan fingerprint density at radius 1 is 1.25 bits per heavy atom. The summed E-state index contributed by atoms with van der Waals surface area (Å²) in [6.07, 6.45) is 0.786. The van der Waals surface area contributed by atoms with Gasteiger partial charge in [0.1, 0.15) is 0 Å². The molecule has 1 atom stereocenters. The highest BCUT2D eigenvalue weighted by atomic mass is 16.5. The van der Waals surface area contributed by atoms with Crippen molar-refractivity contribution in [1.82, 2.24) is 20.0 Å². The van der Waals surface area contributed by atoms with Crippen molar-refractivity contribution in [2.24, 2.45) is 7.05 Å². The normalized spacial score (nSPS) is 20.8. The molecule has 1 saturated heterocycles. The van der Waals surface area contributed by atoms with E-state index < -0.39 is 0 Å². The molecule has 1 N–H and O–H groups in total. The predicted octanol–water partition coefficient (Wildman–Crippen LogP) is 2.57. The van der Waals surface area contributed by atoms with Gasteiger partial charge in [0, 0.05) is 18.8 Å². The van der Waals surface area contributed by atoms with Crippen molar-refractivity contribution in [2.45, 2.75) is 72.1 Å². The first kappa shape index (κ1) is 18.8. The number of nitrogens with one attached hydrogen (secondary N) is 1. The summed E-state index contributed by atoms with van der Waals surface area (Å²) in [5.41, 5.74) is 2.73. The van der Waals surface area contributed by atoms with Gasteiger partial charge in [-0.05, 0) is 60.5 Å². The van der Waals surface area contributed by atoms with Gasteiger partial charge in [0.05, 0.1) is 30.0 Å². The fraction of sp³-hybridized carbons (Fsp3) is 0.778. The van der Waals surface area contributed by atoms with E-state index in [2.05, 4.69) is 17.3 Å². The number of rotatable bonds is 3. The first-order valence-electron chi connectivity index (χ1n) is 8.65. The maximum atomic E-state index is 12.7. The third-order valence-electron chi connectivity index (χ3n) is 4.52. The summed E-state index contributed by atoms with van der Waals surface area (Å²) in [5.74, 6) is 0. The minimum absolute atomic E-state index is 0.0221. The van der Waals surface area contributed by atoms with Gasteiger partial charge >= 0.3 is 6.03 Å². The number of urea groups is 1. The second kappa shape index (κ2) is 6.39. The van der Waals surface area contributed by atoms with Gasteiger partial charge in [-0.15, -0.1) is 0 Å². The lowest BCUT2D eigenvalue weighted by Crippen LogP contribution is -2.61. The van der Waals surface area contributed by atoms with Crippen LogP contribution in [0.25, 0.3) is 0 Å². The van der Waals surface area contributed by atoms with E-state index in [9.17, 15) is 4.79 Å². The minimum atomic E-state index is -0.334. The van der Waals surface area contributed by atoms with Crippen LogP contribution in [-0.4, -0.2) is 51.0 Å². The van der Waals surface area contributed by atoms with Crippen molar-refractivity contribution in [2.75, 3.05) is 13.1 Å². The fourth-order valence-corrected chi connectivity index (χ4v) is 3.70. The zero-order chi connectivity index (χ0) is 18.3. The molecule has 2 heterocycles. The molecule has 1 aromatic heterocycles. The number of hydrogen-bond donors (Lipinski definition) is 1. The number of carbonyl (C=O) groups is 1. The van der Waals surface area contributed by atoms with Crippen LogP contribution < -0.4 is 5.32 Å². The number of ether oxygens (including phenoxy) is 1. The number of nitrogens with zero attached hydrogens (tertiary/aromatic N) is 3. The van der Waals surface area contributed by atoms with Crippen LogP contribution in [0.4, 0.5) is 4.79 Å². The number of amides is 2. The van der Waals surface area contributed by atoms with E-state index in [1.807, 2.05) is 58.2 Å². The Morgan fingerprint density at radius 2 is 1.79 bits per heavy atom. The first-order valence-corrected chi connectivity index (χ1v) is 8.65. The largest absolute Gasteiger partial charge is 0.366 e. The number of morpholine rings is 1. The minimum Gasteiger partial charge on any atom is -0.366 e. The van der Waals surface area contributed by atoms with Crippen molar-refractivity contribution in [3.8, 4) is 0 Å². The summed E-state index contributed by atoms with van der Waals surface area (Å²) in [7, 11) is 1.95. The molecule has 0 saturated carbocycles. The quantitative estimate of drug-likeness (QED) is 0.923. The van der Waals surface area contributed by atoms with E-state index >= 15 is 0 Å². The molecule has 24 heavy (non-hydrogen) atoms. The average Bonchev–Trinajstić information content (AvgIpc) is 2.61. The molecule has 2 rings (SSSR count). The molecule has 0 aliphatic carbocycles. The van der Waals surface area contributed by atoms with Gasteiger partial charge in [-0.2, -0.15) is 5.10 Å². The molecule has 1 aliphatic heterocycles. The SMILES string of the molecule is Cc1nn(C)c(C)c1C[C@H](C)NC(=O)N1CC(C)(C)OC(C)(C)C1. The third kappa shape index (κ3) is 4.29. The molecule has 0 unspecified atom stereocenters. The lowest BCUT2D eigenvalue weighted by molar-refractivity contribution is -0.170. The fourth-order valence-electron chi connectivity index (χ4n) is 3.70. The molecule has 0 radical (unpaired) electrons. The maximum absolute atomic E-state index is 12.7. The van der Waals surface area contributed by atoms with Gasteiger partial charge < -0.3 is 15.0 Å². The summed E-state index contributed by atoms with van der Waals surface area (Å²) in [6.45, 7) is 15.4. The van der Waals surface area contributed by atoms with Gasteiger partial charge in [0.2, 0.25) is 0 Å². The summed E-state index contributed by atoms with van der Waals surface area (Å²) < 4.78 is 7.94. The van der Waals surface area contributed by atoms with Gasteiger partial charge in [-0.3, -0.25) is 4.68 Å². The van der Waals surface area contributed by atoms with Crippen LogP contribution in [0.3, 0.4) is 0 Å². The van der Waals surface area contributed by atoms with Gasteiger partial charge in [-0.25, -0.2) is 4.79 Å². The molecule has 0 spiro atoms. The highest BCUT2D eigenvalue weighted by Crippen LogP contribution is 2.28. The molecule has 1 fully saturated rings. The molecule has 136 valence electrons. The van der Waals surface area contributed by atoms with Crippen LogP contribution in [0.2, 0.25) is 0 Å². The predicted molar refractivity (Wildman–Crippen MR) is 95.2 cm³/mol. The molecular formula is C18H32N4O2. The third-order valence-corrected chi connectivity index (χ3v) is 4.52. The van der Waals surface area contributed by atoms with Crippen molar-refractivity contribution in [3.63, 3.8) is 0 Å². The number of hydrogen-bond acceptors (Lipinski definition) is 3. The van der Waals surface area contributed by atoms with Crippen molar-refractivity contribution in [3.05, 3.63) is 17.0 Å². The Morgan fingerprint density at radius 3 is 2.25 bits per heavy atom. The van der Waals surface area contributed by atoms with Crippen LogP contribution in [0, 0.1) is 13.8 Å². The molecule has 0 bridgehead atoms. The Kier molecular flexibility index (Phi) is 5.00. The number of aromatic nitrogens is 2. The second-order valence-corrected chi connectivity index (χ2v) is 8.31. The van der Waals surface area contributed by atoms with Crippen LogP contribution in [0.1, 0.15) is 51.6 Å². The van der Waals surface area contributed by atoms with Crippen molar-refractivity contribution in [1.29, 1.82) is 0 Å². The molecule has 0 aromatic carbocycles. The maximum Gasteiger partial charge on any atom is 0.317 e. The molecule has 6 heteroatoms. The molecular weight excluding hydrogens is 304 g/mol. The van der Waals surface area contributed by atoms with Crippen LogP contribution >= 0.6 is 0 Å². The molecule has 2 amide bonds. The molecule has 6 nitrogen and oxygen atoms in total. The first-order chi connectivity index (χ1) is 10.9. The van der Waals surface area contributed by atoms with E-state index in [0.29, 0.717) is 13.1 Å². The van der Waals surface area contributed by atoms with Crippen LogP contribution in [0.15, 0.2) is 0 Å². The zero-order valence-electron chi connectivity index (χ0n) is 16.4. The highest BCUT2D eigenvalue weighted by Gasteiger charge is 2.40. The molecule has 1 aliphatic rings. The summed E-state index contributed by atoms with van der Waals surface area (Å²) in [5, 5.41) is 7.58. The van der Waals surface area contributed by atoms with E-state index in [1.54, 1.807) is 0 Å². The van der Waals surface area contributed by atoms with Crippen molar-refractivity contribution >= 4 is 6.03 Å². The lowest BCUT2D eigenvalue weighted by Gasteiger charge is -2.47. The summed E-state index contributed by atoms with van der Waals surface area (Å²) >= 11 is 0. The van der Waals surface area contributed by atoms with Gasteiger partial charge in [-0.1, -0.05) is 0 Å². The highest BCUT2D eigenvalue weighted by molar-refractivity contribution is 5.75. The second-order valence-electron chi connectivity index (χ2n) is 8.31. The lowest BCUT2D eigenvalue weighted by atomic mass is 9.99. The standard InChI is InChI=1S/C18H32N4O2/c1-12(9-15-13(2)20-21(8)14(15)3)19-16(23)22-10-17(4,5)24-18(6,7)11-22/h12H,9-11H2,1-8H3,(H,19,23)/t12-/m0/s1. The average molecular weight is 336 g/mol. The van der Waals surface area contributed by atoms with Crippen LogP contribution in [-0.2, 0) is 18.2 Å². The van der Waals surface area contributed by atoms with Crippen molar-refractivity contribution < 1.29 is 9.53 Å². The Bertz CT molecular complexity index is 603. The monoisotopic (exact) mass is 336 g/mol. The zero-order valence-corrected chi connectivity index (χ0v) is 16.4. The smallest absolute Gasteiger partial charge is 0.317 e. The Labute approximate surface area is 145 Å². The number of carbonyl (C=O) groups excluding carboxylic acids is 1. The Hall–Kier alpha value is -1.56. The van der Waals surface area contributed by atoms with E-state index in [0.717, 1.165) is 17.8 Å². The topological polar surface area (TPSA) is 59.4 Å². The van der Waals surface area contributed by atoms with Crippen LogP contribution in [0.5, 0.6) is 0 Å². The van der Waals surface area contributed by atoms with E-state index in [4.69, 9.17) is 4.74 Å². The van der Waals surface area contributed by atoms with Gasteiger partial charge in [0.15, 0.2) is 0 Å². The van der Waals surface area contributed by atoms with Gasteiger partial charge in [0.25, 0.3) is 0 Å². The Balaban J connectivity index is 2.01. The summed E-state index contributed by atoms with van der Waals surface area (Å²) in [6, 6.07) is 0.0271. The molecule has 1 aromatic rings. The van der Waals surface area contributed by atoms with E-state index in [1.165, 1.54) is 5.56 Å².